The van der Waals surface area contributed by atoms with E-state index in [2.05, 4.69) is 15.6 Å². The van der Waals surface area contributed by atoms with Crippen LogP contribution in [0, 0.1) is 18.6 Å². The number of benzene rings is 4. The summed E-state index contributed by atoms with van der Waals surface area (Å²) in [6.45, 7) is 1.98. The molecule has 0 aliphatic carbocycles. The van der Waals surface area contributed by atoms with Crippen LogP contribution < -0.4 is 10.6 Å². The molecule has 4 aromatic carbocycles. The molecule has 0 aromatic heterocycles. The fourth-order valence-corrected chi connectivity index (χ4v) is 5.43. The van der Waals surface area contributed by atoms with Gasteiger partial charge in [-0.15, -0.1) is 0 Å². The predicted molar refractivity (Wildman–Crippen MR) is 144 cm³/mol. The smallest absolute Gasteiger partial charge is 0.319 e. The molecule has 0 fully saturated rings. The molecule has 0 saturated carbocycles. The summed E-state index contributed by atoms with van der Waals surface area (Å²) in [6, 6.07) is 22.1. The summed E-state index contributed by atoms with van der Waals surface area (Å²) in [5, 5.41) is 6.42. The SMILES string of the molecule is Cc1ccccc1C1(c2ccccc2Cl)c2cc(Cl)ccc2N=CC1NC(=O)Nc1ccc(F)cc1F. The third-order valence-corrected chi connectivity index (χ3v) is 7.11. The number of carbonyl (C=O) groups is 1. The Balaban J connectivity index is 1.71. The van der Waals surface area contributed by atoms with Gasteiger partial charge in [-0.2, -0.15) is 0 Å². The van der Waals surface area contributed by atoms with Crippen molar-refractivity contribution in [2.45, 2.75) is 18.4 Å². The van der Waals surface area contributed by atoms with Crippen molar-refractivity contribution in [1.82, 2.24) is 5.32 Å². The zero-order valence-electron chi connectivity index (χ0n) is 19.6. The molecule has 4 aromatic rings. The highest BCUT2D eigenvalue weighted by molar-refractivity contribution is 6.32. The molecule has 0 radical (unpaired) electrons. The summed E-state index contributed by atoms with van der Waals surface area (Å²) in [5.74, 6) is -1.63. The molecule has 5 rings (SSSR count). The van der Waals surface area contributed by atoms with E-state index in [1.807, 2.05) is 61.5 Å². The number of halogens is 4. The van der Waals surface area contributed by atoms with Crippen LogP contribution in [0.25, 0.3) is 0 Å². The number of urea groups is 1. The minimum absolute atomic E-state index is 0.158. The van der Waals surface area contributed by atoms with Gasteiger partial charge in [-0.1, -0.05) is 65.7 Å². The summed E-state index contributed by atoms with van der Waals surface area (Å²) in [5.41, 5.74) is 2.81. The van der Waals surface area contributed by atoms with Gasteiger partial charge in [0.2, 0.25) is 0 Å². The number of nitrogens with zero attached hydrogens (tertiary/aromatic N) is 1. The normalized spacial score (nSPS) is 18.2. The van der Waals surface area contributed by atoms with E-state index in [-0.39, 0.29) is 5.69 Å². The highest BCUT2D eigenvalue weighted by atomic mass is 35.5. The van der Waals surface area contributed by atoms with Crippen molar-refractivity contribution in [2.24, 2.45) is 4.99 Å². The van der Waals surface area contributed by atoms with Crippen LogP contribution in [0.3, 0.4) is 0 Å². The van der Waals surface area contributed by atoms with Gasteiger partial charge < -0.3 is 10.6 Å². The Morgan fingerprint density at radius 1 is 0.892 bits per heavy atom. The van der Waals surface area contributed by atoms with Gasteiger partial charge >= 0.3 is 6.03 Å². The second kappa shape index (κ2) is 9.96. The molecule has 0 spiro atoms. The van der Waals surface area contributed by atoms with Crippen LogP contribution in [0.15, 0.2) is 89.9 Å². The minimum Gasteiger partial charge on any atom is -0.329 e. The van der Waals surface area contributed by atoms with Gasteiger partial charge in [0.25, 0.3) is 0 Å². The third-order valence-electron chi connectivity index (χ3n) is 6.55. The largest absolute Gasteiger partial charge is 0.329 e. The maximum atomic E-state index is 14.3. The molecular weight excluding hydrogens is 515 g/mol. The van der Waals surface area contributed by atoms with Crippen LogP contribution in [-0.4, -0.2) is 18.3 Å². The number of hydrogen-bond acceptors (Lipinski definition) is 2. The number of amides is 2. The van der Waals surface area contributed by atoms with E-state index in [1.54, 1.807) is 18.3 Å². The van der Waals surface area contributed by atoms with Crippen molar-refractivity contribution in [2.75, 3.05) is 5.32 Å². The first kappa shape index (κ1) is 24.9. The number of rotatable bonds is 4. The number of hydrogen-bond donors (Lipinski definition) is 2. The zero-order chi connectivity index (χ0) is 26.2. The van der Waals surface area contributed by atoms with Crippen molar-refractivity contribution in [3.63, 3.8) is 0 Å². The van der Waals surface area contributed by atoms with Crippen molar-refractivity contribution >= 4 is 46.8 Å². The number of anilines is 1. The molecular formula is C29H21Cl2F2N3O. The van der Waals surface area contributed by atoms with Gasteiger partial charge in [0.1, 0.15) is 11.6 Å². The molecule has 2 atom stereocenters. The van der Waals surface area contributed by atoms with Crippen molar-refractivity contribution in [3.8, 4) is 0 Å². The lowest BCUT2D eigenvalue weighted by atomic mass is 9.62. The zero-order valence-corrected chi connectivity index (χ0v) is 21.1. The summed E-state index contributed by atoms with van der Waals surface area (Å²) in [4.78, 5) is 17.8. The molecule has 8 heteroatoms. The van der Waals surface area contributed by atoms with E-state index < -0.39 is 29.1 Å². The Morgan fingerprint density at radius 2 is 1.62 bits per heavy atom. The molecule has 0 bridgehead atoms. The average Bonchev–Trinajstić information content (AvgIpc) is 2.87. The molecule has 1 aliphatic heterocycles. The number of nitrogens with one attached hydrogen (secondary N) is 2. The molecule has 2 amide bonds. The second-order valence-corrected chi connectivity index (χ2v) is 9.59. The fourth-order valence-electron chi connectivity index (χ4n) is 4.97. The molecule has 1 aliphatic rings. The fraction of sp³-hybridized carbons (Fsp3) is 0.103. The number of fused-ring (bicyclic) bond motifs is 1. The van der Waals surface area contributed by atoms with Gasteiger partial charge in [0.15, 0.2) is 0 Å². The topological polar surface area (TPSA) is 53.5 Å². The molecule has 186 valence electrons. The van der Waals surface area contributed by atoms with Gasteiger partial charge in [0, 0.05) is 22.3 Å². The van der Waals surface area contributed by atoms with Crippen molar-refractivity contribution in [3.05, 3.63) is 129 Å². The molecule has 0 saturated heterocycles. The predicted octanol–water partition coefficient (Wildman–Crippen LogP) is 7.82. The van der Waals surface area contributed by atoms with Crippen LogP contribution in [0.1, 0.15) is 22.3 Å². The lowest BCUT2D eigenvalue weighted by Crippen LogP contribution is -2.55. The highest BCUT2D eigenvalue weighted by Gasteiger charge is 2.49. The number of carbonyl (C=O) groups excluding carboxylic acids is 1. The van der Waals surface area contributed by atoms with Crippen LogP contribution in [0.2, 0.25) is 10.0 Å². The molecule has 4 nitrogen and oxygen atoms in total. The summed E-state index contributed by atoms with van der Waals surface area (Å²) in [7, 11) is 0. The van der Waals surface area contributed by atoms with E-state index in [9.17, 15) is 13.6 Å². The third kappa shape index (κ3) is 4.47. The van der Waals surface area contributed by atoms with Gasteiger partial charge in [0.05, 0.1) is 22.8 Å². The lowest BCUT2D eigenvalue weighted by Gasteiger charge is -2.44. The van der Waals surface area contributed by atoms with E-state index in [0.717, 1.165) is 34.4 Å². The first-order valence-corrected chi connectivity index (χ1v) is 12.2. The Bertz CT molecular complexity index is 1490. The van der Waals surface area contributed by atoms with E-state index >= 15 is 0 Å². The molecule has 2 unspecified atom stereocenters. The van der Waals surface area contributed by atoms with Gasteiger partial charge in [-0.25, -0.2) is 13.6 Å². The average molecular weight is 536 g/mol. The summed E-state index contributed by atoms with van der Waals surface area (Å²) in [6.07, 6.45) is 1.65. The van der Waals surface area contributed by atoms with Crippen LogP contribution >= 0.6 is 23.2 Å². The monoisotopic (exact) mass is 535 g/mol. The van der Waals surface area contributed by atoms with Crippen LogP contribution in [0.5, 0.6) is 0 Å². The summed E-state index contributed by atoms with van der Waals surface area (Å²) >= 11 is 13.3. The van der Waals surface area contributed by atoms with Gasteiger partial charge in [-0.3, -0.25) is 4.99 Å². The Hall–Kier alpha value is -3.74. The number of aliphatic imine (C=N–C) groups is 1. The van der Waals surface area contributed by atoms with Gasteiger partial charge in [-0.05, 0) is 65.6 Å². The standard InChI is InChI=1S/C29H21Cl2F2N3O/c1-17-6-2-3-7-20(17)29(21-8-4-5-9-23(21)31)22-14-18(30)10-12-25(22)34-16-27(29)36-28(37)35-26-13-11-19(32)15-24(26)33/h2-16,27H,1H3,(H2,35,36,37). The highest BCUT2D eigenvalue weighted by Crippen LogP contribution is 2.51. The first-order valence-electron chi connectivity index (χ1n) is 11.5. The van der Waals surface area contributed by atoms with E-state index in [4.69, 9.17) is 23.2 Å². The maximum Gasteiger partial charge on any atom is 0.319 e. The van der Waals surface area contributed by atoms with E-state index in [0.29, 0.717) is 21.8 Å². The van der Waals surface area contributed by atoms with E-state index in [1.165, 1.54) is 0 Å². The minimum atomic E-state index is -1.04. The molecule has 37 heavy (non-hydrogen) atoms. The molecule has 2 N–H and O–H groups in total. The number of aryl methyl sites for hydroxylation is 1. The van der Waals surface area contributed by atoms with Crippen LogP contribution in [0.4, 0.5) is 25.0 Å². The Kier molecular flexibility index (Phi) is 6.71. The second-order valence-electron chi connectivity index (χ2n) is 8.74. The lowest BCUT2D eigenvalue weighted by molar-refractivity contribution is 0.248. The first-order chi connectivity index (χ1) is 17.8. The Morgan fingerprint density at radius 3 is 2.35 bits per heavy atom. The maximum absolute atomic E-state index is 14.3. The quantitative estimate of drug-likeness (QED) is 0.275. The van der Waals surface area contributed by atoms with Crippen molar-refractivity contribution < 1.29 is 13.6 Å². The summed E-state index contributed by atoms with van der Waals surface area (Å²) < 4.78 is 27.7. The molecule has 1 heterocycles. The Labute approximate surface area is 223 Å². The van der Waals surface area contributed by atoms with Crippen LogP contribution in [-0.2, 0) is 5.41 Å². The van der Waals surface area contributed by atoms with Crippen molar-refractivity contribution in [1.29, 1.82) is 0 Å².